The molecule has 0 saturated carbocycles. The van der Waals surface area contributed by atoms with Gasteiger partial charge in [-0.3, -0.25) is 4.99 Å². The maximum absolute atomic E-state index is 6.01. The number of hydrogen-bond acceptors (Lipinski definition) is 5. The summed E-state index contributed by atoms with van der Waals surface area (Å²) in [5.74, 6) is 1.28. The zero-order valence-corrected chi connectivity index (χ0v) is 14.0. The van der Waals surface area contributed by atoms with Crippen LogP contribution in [0.2, 0.25) is 5.02 Å². The first-order chi connectivity index (χ1) is 11.7. The van der Waals surface area contributed by atoms with E-state index < -0.39 is 0 Å². The van der Waals surface area contributed by atoms with Gasteiger partial charge in [0.2, 0.25) is 5.88 Å². The van der Waals surface area contributed by atoms with Crippen molar-refractivity contribution in [3.05, 3.63) is 64.1 Å². The van der Waals surface area contributed by atoms with Crippen LogP contribution < -0.4 is 4.74 Å². The van der Waals surface area contributed by atoms with Crippen LogP contribution in [0.5, 0.6) is 5.88 Å². The lowest BCUT2D eigenvalue weighted by Gasteiger charge is -2.11. The molecule has 0 spiro atoms. The van der Waals surface area contributed by atoms with Crippen molar-refractivity contribution in [1.82, 2.24) is 10.1 Å². The first kappa shape index (κ1) is 14.9. The maximum Gasteiger partial charge on any atom is 0.213 e. The fourth-order valence-corrected chi connectivity index (χ4v) is 2.99. The predicted molar refractivity (Wildman–Crippen MR) is 91.8 cm³/mol. The zero-order valence-electron chi connectivity index (χ0n) is 13.2. The summed E-state index contributed by atoms with van der Waals surface area (Å²) >= 11 is 6.01. The summed E-state index contributed by atoms with van der Waals surface area (Å²) in [6.45, 7) is 2.33. The molecule has 0 aliphatic carbocycles. The summed E-state index contributed by atoms with van der Waals surface area (Å²) in [6.07, 6.45) is 0. The van der Waals surface area contributed by atoms with E-state index in [1.54, 1.807) is 7.11 Å². The molecule has 1 aromatic carbocycles. The SMILES string of the molecule is COc1ccc2c(n1)C(c1ccc(Cl)cc1)=NCc1onc(C)c1-2. The number of pyridine rings is 1. The van der Waals surface area contributed by atoms with Crippen molar-refractivity contribution in [2.45, 2.75) is 13.5 Å². The molecular formula is C18H14ClN3O2. The monoisotopic (exact) mass is 339 g/mol. The second-order valence-electron chi connectivity index (χ2n) is 5.49. The van der Waals surface area contributed by atoms with Crippen LogP contribution in [-0.2, 0) is 6.54 Å². The van der Waals surface area contributed by atoms with E-state index in [-0.39, 0.29) is 0 Å². The Hall–Kier alpha value is -2.66. The quantitative estimate of drug-likeness (QED) is 0.706. The van der Waals surface area contributed by atoms with E-state index in [4.69, 9.17) is 25.9 Å². The van der Waals surface area contributed by atoms with Crippen molar-refractivity contribution in [2.75, 3.05) is 7.11 Å². The van der Waals surface area contributed by atoms with Crippen LogP contribution in [0, 0.1) is 6.92 Å². The molecule has 6 heteroatoms. The molecule has 0 atom stereocenters. The molecule has 0 unspecified atom stereocenters. The van der Waals surface area contributed by atoms with Gasteiger partial charge in [-0.05, 0) is 25.1 Å². The van der Waals surface area contributed by atoms with Crippen molar-refractivity contribution in [2.24, 2.45) is 4.99 Å². The van der Waals surface area contributed by atoms with E-state index in [2.05, 4.69) is 10.1 Å². The van der Waals surface area contributed by atoms with Gasteiger partial charge < -0.3 is 9.26 Å². The third-order valence-electron chi connectivity index (χ3n) is 4.00. The molecule has 2 aromatic heterocycles. The van der Waals surface area contributed by atoms with Crippen molar-refractivity contribution in [3.63, 3.8) is 0 Å². The Morgan fingerprint density at radius 2 is 1.92 bits per heavy atom. The average Bonchev–Trinajstić information content (AvgIpc) is 2.88. The second kappa shape index (κ2) is 5.76. The Labute approximate surface area is 143 Å². The van der Waals surface area contributed by atoms with Crippen molar-refractivity contribution >= 4 is 17.3 Å². The normalized spacial score (nSPS) is 12.9. The summed E-state index contributed by atoms with van der Waals surface area (Å²) in [5, 5.41) is 4.75. The van der Waals surface area contributed by atoms with Crippen LogP contribution in [0.1, 0.15) is 22.7 Å². The lowest BCUT2D eigenvalue weighted by atomic mass is 9.98. The predicted octanol–water partition coefficient (Wildman–Crippen LogP) is 4.06. The molecule has 24 heavy (non-hydrogen) atoms. The van der Waals surface area contributed by atoms with Gasteiger partial charge in [-0.25, -0.2) is 4.98 Å². The standard InChI is InChI=1S/C18H14ClN3O2/c1-10-16-13-7-8-15(23-2)21-18(13)17(20-9-14(16)24-22-10)11-3-5-12(19)6-4-11/h3-8H,9H2,1-2H3. The summed E-state index contributed by atoms with van der Waals surface area (Å²) < 4.78 is 10.7. The maximum atomic E-state index is 6.01. The molecule has 3 aromatic rings. The van der Waals surface area contributed by atoms with Crippen molar-refractivity contribution in [1.29, 1.82) is 0 Å². The van der Waals surface area contributed by atoms with Gasteiger partial charge in [-0.15, -0.1) is 0 Å². The number of rotatable bonds is 2. The highest BCUT2D eigenvalue weighted by atomic mass is 35.5. The number of aliphatic imine (C=N–C) groups is 1. The molecular weight excluding hydrogens is 326 g/mol. The van der Waals surface area contributed by atoms with Gasteiger partial charge in [0.05, 0.1) is 24.1 Å². The summed E-state index contributed by atoms with van der Waals surface area (Å²) in [4.78, 5) is 9.35. The molecule has 0 N–H and O–H groups in total. The number of nitrogens with zero attached hydrogens (tertiary/aromatic N) is 3. The van der Waals surface area contributed by atoms with Gasteiger partial charge in [0.25, 0.3) is 0 Å². The molecule has 0 radical (unpaired) electrons. The van der Waals surface area contributed by atoms with Gasteiger partial charge in [-0.1, -0.05) is 28.9 Å². The minimum absolute atomic E-state index is 0.410. The van der Waals surface area contributed by atoms with Gasteiger partial charge in [0.15, 0.2) is 5.76 Å². The first-order valence-electron chi connectivity index (χ1n) is 7.48. The minimum atomic E-state index is 0.410. The number of aryl methyl sites for hydroxylation is 1. The van der Waals surface area contributed by atoms with E-state index in [9.17, 15) is 0 Å². The highest BCUT2D eigenvalue weighted by Gasteiger charge is 2.25. The van der Waals surface area contributed by atoms with Gasteiger partial charge in [-0.2, -0.15) is 0 Å². The van der Waals surface area contributed by atoms with Crippen LogP contribution in [0.4, 0.5) is 0 Å². The first-order valence-corrected chi connectivity index (χ1v) is 7.86. The van der Waals surface area contributed by atoms with E-state index in [1.165, 1.54) is 0 Å². The number of methoxy groups -OCH3 is 1. The zero-order chi connectivity index (χ0) is 16.7. The number of halogens is 1. The van der Waals surface area contributed by atoms with Crippen LogP contribution >= 0.6 is 11.6 Å². The van der Waals surface area contributed by atoms with Crippen LogP contribution in [-0.4, -0.2) is 23.0 Å². The van der Waals surface area contributed by atoms with Gasteiger partial charge >= 0.3 is 0 Å². The fourth-order valence-electron chi connectivity index (χ4n) is 2.87. The molecule has 120 valence electrons. The summed E-state index contributed by atoms with van der Waals surface area (Å²) in [5.41, 5.74) is 5.19. The molecule has 4 rings (SSSR count). The average molecular weight is 340 g/mol. The molecule has 0 bridgehead atoms. The van der Waals surface area contributed by atoms with Crippen LogP contribution in [0.25, 0.3) is 11.1 Å². The Kier molecular flexibility index (Phi) is 3.58. The Balaban J connectivity index is 1.97. The molecule has 1 aliphatic heterocycles. The lowest BCUT2D eigenvalue weighted by molar-refractivity contribution is 0.382. The Morgan fingerprint density at radius 1 is 1.12 bits per heavy atom. The third-order valence-corrected chi connectivity index (χ3v) is 4.26. The number of aromatic nitrogens is 2. The van der Waals surface area contributed by atoms with Crippen molar-refractivity contribution in [3.8, 4) is 17.0 Å². The van der Waals surface area contributed by atoms with E-state index in [1.807, 2.05) is 43.3 Å². The van der Waals surface area contributed by atoms with Crippen molar-refractivity contribution < 1.29 is 9.26 Å². The molecule has 0 fully saturated rings. The smallest absolute Gasteiger partial charge is 0.213 e. The summed E-state index contributed by atoms with van der Waals surface area (Å²) in [6, 6.07) is 11.4. The highest BCUT2D eigenvalue weighted by molar-refractivity contribution is 6.30. The molecule has 1 aliphatic rings. The molecule has 0 amide bonds. The second-order valence-corrected chi connectivity index (χ2v) is 5.92. The van der Waals surface area contributed by atoms with Gasteiger partial charge in [0, 0.05) is 22.2 Å². The number of fused-ring (bicyclic) bond motifs is 3. The van der Waals surface area contributed by atoms with E-state index in [0.717, 1.165) is 39.6 Å². The number of ether oxygens (including phenoxy) is 1. The number of benzene rings is 1. The Bertz CT molecular complexity index is 945. The van der Waals surface area contributed by atoms with Gasteiger partial charge in [0.1, 0.15) is 12.2 Å². The van der Waals surface area contributed by atoms with E-state index >= 15 is 0 Å². The van der Waals surface area contributed by atoms with Crippen LogP contribution in [0.3, 0.4) is 0 Å². The molecule has 5 nitrogen and oxygen atoms in total. The minimum Gasteiger partial charge on any atom is -0.481 e. The molecule has 0 saturated heterocycles. The molecule has 3 heterocycles. The van der Waals surface area contributed by atoms with Crippen LogP contribution in [0.15, 0.2) is 45.9 Å². The largest absolute Gasteiger partial charge is 0.481 e. The fraction of sp³-hybridized carbons (Fsp3) is 0.167. The number of hydrogen-bond donors (Lipinski definition) is 0. The lowest BCUT2D eigenvalue weighted by Crippen LogP contribution is -2.08. The topological polar surface area (TPSA) is 60.5 Å². The van der Waals surface area contributed by atoms with E-state index in [0.29, 0.717) is 17.4 Å². The third kappa shape index (κ3) is 2.37. The Morgan fingerprint density at radius 3 is 2.67 bits per heavy atom. The highest BCUT2D eigenvalue weighted by Crippen LogP contribution is 2.35. The summed E-state index contributed by atoms with van der Waals surface area (Å²) in [7, 11) is 1.60.